The minimum atomic E-state index is -0.625. The number of rotatable bonds is 12. The number of hydrogen-bond acceptors (Lipinski definition) is 9. The Balaban J connectivity index is 1.67. The molecule has 0 unspecified atom stereocenters. The molecule has 33 heavy (non-hydrogen) atoms. The fraction of sp³-hybridized carbons (Fsp3) is 0.304. The molecule has 0 heterocycles. The first-order chi connectivity index (χ1) is 15.9. The average Bonchev–Trinajstić information content (AvgIpc) is 2.82. The molecule has 0 saturated heterocycles. The number of amides is 1. The highest BCUT2D eigenvalue weighted by Crippen LogP contribution is 2.37. The van der Waals surface area contributed by atoms with Gasteiger partial charge < -0.3 is 39.2 Å². The van der Waals surface area contributed by atoms with E-state index in [0.717, 1.165) is 0 Å². The summed E-state index contributed by atoms with van der Waals surface area (Å²) in [6.45, 7) is 0.630. The number of benzene rings is 2. The number of carbonyl (C=O) groups excluding carboxylic acids is 2. The molecule has 10 heteroatoms. The van der Waals surface area contributed by atoms with Crippen LogP contribution in [-0.4, -0.2) is 69.8 Å². The predicted octanol–water partition coefficient (Wildman–Crippen LogP) is 2.13. The number of phenolic OH excluding ortho intramolecular Hbond substituents is 2. The Kier molecular flexibility index (Phi) is 9.84. The van der Waals surface area contributed by atoms with Crippen molar-refractivity contribution in [1.82, 2.24) is 5.32 Å². The van der Waals surface area contributed by atoms with Gasteiger partial charge >= 0.3 is 5.97 Å². The molecule has 0 fully saturated rings. The van der Waals surface area contributed by atoms with E-state index in [1.165, 1.54) is 45.6 Å². The zero-order valence-electron chi connectivity index (χ0n) is 18.6. The van der Waals surface area contributed by atoms with Crippen LogP contribution in [0.15, 0.2) is 36.4 Å². The molecule has 0 saturated carbocycles. The first-order valence-electron chi connectivity index (χ1n) is 9.92. The van der Waals surface area contributed by atoms with E-state index in [-0.39, 0.29) is 60.8 Å². The summed E-state index contributed by atoms with van der Waals surface area (Å²) in [6, 6.07) is 7.42. The van der Waals surface area contributed by atoms with Crippen molar-refractivity contribution in [2.45, 2.75) is 0 Å². The predicted molar refractivity (Wildman–Crippen MR) is 119 cm³/mol. The van der Waals surface area contributed by atoms with Crippen LogP contribution in [0.1, 0.15) is 15.9 Å². The van der Waals surface area contributed by atoms with E-state index in [9.17, 15) is 19.8 Å². The van der Waals surface area contributed by atoms with Gasteiger partial charge in [-0.15, -0.1) is 0 Å². The van der Waals surface area contributed by atoms with Crippen LogP contribution >= 0.6 is 0 Å². The van der Waals surface area contributed by atoms with Crippen LogP contribution < -0.4 is 19.5 Å². The molecule has 0 bridgehead atoms. The van der Waals surface area contributed by atoms with E-state index in [4.69, 9.17) is 23.7 Å². The van der Waals surface area contributed by atoms with Gasteiger partial charge in [0.25, 0.3) is 0 Å². The highest BCUT2D eigenvalue weighted by atomic mass is 16.6. The summed E-state index contributed by atoms with van der Waals surface area (Å²) in [7, 11) is 4.16. The lowest BCUT2D eigenvalue weighted by Gasteiger charge is -2.11. The summed E-state index contributed by atoms with van der Waals surface area (Å²) in [5, 5.41) is 22.1. The van der Waals surface area contributed by atoms with Crippen LogP contribution in [-0.2, 0) is 14.3 Å². The molecule has 2 rings (SSSR count). The highest BCUT2D eigenvalue weighted by Gasteiger charge is 2.16. The molecule has 1 amide bonds. The average molecular weight is 461 g/mol. The van der Waals surface area contributed by atoms with Crippen molar-refractivity contribution in [3.63, 3.8) is 0 Å². The van der Waals surface area contributed by atoms with Gasteiger partial charge in [-0.1, -0.05) is 6.07 Å². The molecule has 2 aromatic rings. The second kappa shape index (κ2) is 12.8. The van der Waals surface area contributed by atoms with E-state index < -0.39 is 5.97 Å². The van der Waals surface area contributed by atoms with Crippen molar-refractivity contribution in [1.29, 1.82) is 0 Å². The zero-order chi connectivity index (χ0) is 24.2. The number of carbonyl (C=O) groups is 2. The Morgan fingerprint density at radius 1 is 0.909 bits per heavy atom. The number of ether oxygens (including phenoxy) is 5. The molecule has 0 atom stereocenters. The van der Waals surface area contributed by atoms with Crippen LogP contribution in [0.25, 0.3) is 6.08 Å². The third kappa shape index (κ3) is 7.62. The maximum absolute atomic E-state index is 12.2. The SMILES string of the molecule is COc1cc(/C=C/C(=O)NCCOCCOC(=O)c2cc(OC)c(O)c(OC)c2)ccc1O. The lowest BCUT2D eigenvalue weighted by Crippen LogP contribution is -2.26. The number of aromatic hydroxyl groups is 2. The number of methoxy groups -OCH3 is 3. The zero-order valence-corrected chi connectivity index (χ0v) is 18.6. The van der Waals surface area contributed by atoms with Gasteiger partial charge in [-0.3, -0.25) is 4.79 Å². The van der Waals surface area contributed by atoms with Crippen molar-refractivity contribution >= 4 is 18.0 Å². The third-order valence-electron chi connectivity index (χ3n) is 4.35. The van der Waals surface area contributed by atoms with Gasteiger partial charge in [0.05, 0.1) is 40.1 Å². The summed E-state index contributed by atoms with van der Waals surface area (Å²) in [5.41, 5.74) is 0.855. The lowest BCUT2D eigenvalue weighted by atomic mass is 10.2. The van der Waals surface area contributed by atoms with E-state index in [1.54, 1.807) is 18.2 Å². The minimum Gasteiger partial charge on any atom is -0.504 e. The largest absolute Gasteiger partial charge is 0.504 e. The van der Waals surface area contributed by atoms with E-state index in [0.29, 0.717) is 11.3 Å². The van der Waals surface area contributed by atoms with Crippen molar-refractivity contribution in [3.8, 4) is 28.7 Å². The van der Waals surface area contributed by atoms with E-state index >= 15 is 0 Å². The second-order valence-corrected chi connectivity index (χ2v) is 6.53. The normalized spacial score (nSPS) is 10.6. The van der Waals surface area contributed by atoms with Crippen LogP contribution in [0.3, 0.4) is 0 Å². The Hall–Kier alpha value is -3.92. The highest BCUT2D eigenvalue weighted by molar-refractivity contribution is 5.92. The fourth-order valence-corrected chi connectivity index (χ4v) is 2.67. The number of esters is 1. The van der Waals surface area contributed by atoms with Gasteiger partial charge in [0, 0.05) is 12.6 Å². The molecule has 0 aliphatic carbocycles. The smallest absolute Gasteiger partial charge is 0.338 e. The van der Waals surface area contributed by atoms with Crippen molar-refractivity contribution in [3.05, 3.63) is 47.5 Å². The van der Waals surface area contributed by atoms with Crippen LogP contribution in [0.5, 0.6) is 28.7 Å². The molecule has 0 aliphatic heterocycles. The summed E-state index contributed by atoms with van der Waals surface area (Å²) in [4.78, 5) is 24.0. The Bertz CT molecular complexity index is 963. The van der Waals surface area contributed by atoms with Gasteiger partial charge in [-0.25, -0.2) is 4.79 Å². The topological polar surface area (TPSA) is 133 Å². The van der Waals surface area contributed by atoms with Gasteiger partial charge in [-0.2, -0.15) is 0 Å². The maximum Gasteiger partial charge on any atom is 0.338 e. The summed E-state index contributed by atoms with van der Waals surface area (Å²) >= 11 is 0. The maximum atomic E-state index is 12.2. The molecule has 178 valence electrons. The quantitative estimate of drug-likeness (QED) is 0.247. The van der Waals surface area contributed by atoms with Gasteiger partial charge in [0.1, 0.15) is 6.61 Å². The van der Waals surface area contributed by atoms with Gasteiger partial charge in [0.2, 0.25) is 11.7 Å². The Morgan fingerprint density at radius 2 is 1.58 bits per heavy atom. The van der Waals surface area contributed by atoms with Gasteiger partial charge in [0.15, 0.2) is 23.0 Å². The standard InChI is InChI=1S/C23H27NO9/c1-29-18-12-15(4-6-17(18)25)5-7-21(26)24-8-9-32-10-11-33-23(28)16-13-19(30-2)22(27)20(14-16)31-3/h4-7,12-14,25,27H,8-11H2,1-3H3,(H,24,26)/b7-5+. The molecule has 3 N–H and O–H groups in total. The summed E-state index contributed by atoms with van der Waals surface area (Å²) in [5.74, 6) is -0.634. The molecule has 10 nitrogen and oxygen atoms in total. The lowest BCUT2D eigenvalue weighted by molar-refractivity contribution is -0.116. The molecule has 0 aliphatic rings. The number of phenols is 2. The molecule has 0 radical (unpaired) electrons. The first kappa shape index (κ1) is 25.3. The minimum absolute atomic E-state index is 0.000868. The van der Waals surface area contributed by atoms with E-state index in [1.807, 2.05) is 0 Å². The van der Waals surface area contributed by atoms with Gasteiger partial charge in [-0.05, 0) is 35.9 Å². The fourth-order valence-electron chi connectivity index (χ4n) is 2.67. The molecular formula is C23H27NO9. The third-order valence-corrected chi connectivity index (χ3v) is 4.35. The molecular weight excluding hydrogens is 434 g/mol. The number of nitrogens with one attached hydrogen (secondary N) is 1. The van der Waals surface area contributed by atoms with Crippen molar-refractivity contribution in [2.24, 2.45) is 0 Å². The van der Waals surface area contributed by atoms with E-state index in [2.05, 4.69) is 5.32 Å². The van der Waals surface area contributed by atoms with Crippen molar-refractivity contribution in [2.75, 3.05) is 47.7 Å². The Labute approximate surface area is 191 Å². The summed E-state index contributed by atoms with van der Waals surface area (Å²) in [6.07, 6.45) is 2.94. The molecule has 0 spiro atoms. The molecule has 0 aromatic heterocycles. The monoisotopic (exact) mass is 461 g/mol. The van der Waals surface area contributed by atoms with Crippen molar-refractivity contribution < 1.29 is 43.5 Å². The summed E-state index contributed by atoms with van der Waals surface area (Å²) < 4.78 is 25.5. The second-order valence-electron chi connectivity index (χ2n) is 6.53. The van der Waals surface area contributed by atoms with Crippen LogP contribution in [0, 0.1) is 0 Å². The molecule has 2 aromatic carbocycles. The van der Waals surface area contributed by atoms with Crippen LogP contribution in [0.4, 0.5) is 0 Å². The number of hydrogen-bond donors (Lipinski definition) is 3. The Morgan fingerprint density at radius 3 is 2.21 bits per heavy atom. The van der Waals surface area contributed by atoms with Crippen LogP contribution in [0.2, 0.25) is 0 Å². The first-order valence-corrected chi connectivity index (χ1v) is 9.92.